The molecule has 3 N–H and O–H groups in total. The number of methoxy groups -OCH3 is 1. The summed E-state index contributed by atoms with van der Waals surface area (Å²) in [4.78, 5) is 3.36. The molecule has 5 nitrogen and oxygen atoms in total. The van der Waals surface area contributed by atoms with Crippen molar-refractivity contribution in [1.29, 1.82) is 0 Å². The van der Waals surface area contributed by atoms with Gasteiger partial charge < -0.3 is 14.5 Å². The molecule has 4 rings (SSSR count). The SMILES string of the molecule is COc1ccc(Oc2ccc3[nH]c4c(c3c2)CCC=C4NO)cc1. The maximum atomic E-state index is 9.28. The van der Waals surface area contributed by atoms with E-state index >= 15 is 0 Å². The van der Waals surface area contributed by atoms with Gasteiger partial charge in [-0.05, 0) is 60.9 Å². The Labute approximate surface area is 139 Å². The lowest BCUT2D eigenvalue weighted by molar-refractivity contribution is 0.223. The lowest BCUT2D eigenvalue weighted by Crippen LogP contribution is -2.10. The molecule has 1 aliphatic carbocycles. The highest BCUT2D eigenvalue weighted by Crippen LogP contribution is 2.34. The molecule has 1 aliphatic rings. The lowest BCUT2D eigenvalue weighted by atomic mass is 9.99. The molecule has 0 radical (unpaired) electrons. The zero-order valence-corrected chi connectivity index (χ0v) is 13.3. The van der Waals surface area contributed by atoms with Gasteiger partial charge in [-0.15, -0.1) is 0 Å². The number of allylic oxidation sites excluding steroid dienone is 1. The smallest absolute Gasteiger partial charge is 0.128 e. The van der Waals surface area contributed by atoms with E-state index in [0.717, 1.165) is 52.4 Å². The number of hydrogen-bond donors (Lipinski definition) is 3. The summed E-state index contributed by atoms with van der Waals surface area (Å²) in [5.74, 6) is 2.34. The Bertz CT molecular complexity index is 910. The van der Waals surface area contributed by atoms with Crippen molar-refractivity contribution in [2.24, 2.45) is 0 Å². The Morgan fingerprint density at radius 3 is 2.54 bits per heavy atom. The molecule has 0 aliphatic heterocycles. The van der Waals surface area contributed by atoms with Crippen molar-refractivity contribution in [3.05, 3.63) is 59.8 Å². The normalized spacial score (nSPS) is 13.3. The molecule has 2 aromatic carbocycles. The fourth-order valence-electron chi connectivity index (χ4n) is 3.12. The summed E-state index contributed by atoms with van der Waals surface area (Å²) in [6.45, 7) is 0. The van der Waals surface area contributed by atoms with Crippen molar-refractivity contribution in [2.75, 3.05) is 7.11 Å². The largest absolute Gasteiger partial charge is 0.497 e. The van der Waals surface area contributed by atoms with Gasteiger partial charge in [0.05, 0.1) is 18.5 Å². The van der Waals surface area contributed by atoms with Crippen molar-refractivity contribution in [1.82, 2.24) is 10.5 Å². The van der Waals surface area contributed by atoms with E-state index in [9.17, 15) is 5.21 Å². The van der Waals surface area contributed by atoms with Crippen LogP contribution in [0.3, 0.4) is 0 Å². The molecule has 0 fully saturated rings. The average Bonchev–Trinajstić information content (AvgIpc) is 3.00. The number of H-pyrrole nitrogens is 1. The van der Waals surface area contributed by atoms with Gasteiger partial charge in [-0.25, -0.2) is 0 Å². The molecule has 0 unspecified atom stereocenters. The number of hydrogen-bond acceptors (Lipinski definition) is 4. The fraction of sp³-hybridized carbons (Fsp3) is 0.158. The molecule has 24 heavy (non-hydrogen) atoms. The molecule has 3 aromatic rings. The number of benzene rings is 2. The zero-order chi connectivity index (χ0) is 16.5. The van der Waals surface area contributed by atoms with Gasteiger partial charge in [0.15, 0.2) is 0 Å². The number of fused-ring (bicyclic) bond motifs is 3. The standard InChI is InChI=1S/C19H18N2O3/c1-23-12-5-7-13(8-6-12)24-14-9-10-17-16(11-14)15-3-2-4-18(21-22)19(15)20-17/h4-11,20-22H,2-3H2,1H3. The van der Waals surface area contributed by atoms with Crippen LogP contribution in [0.15, 0.2) is 48.5 Å². The second-order valence-electron chi connectivity index (χ2n) is 5.73. The fourth-order valence-corrected chi connectivity index (χ4v) is 3.12. The van der Waals surface area contributed by atoms with Crippen LogP contribution in [0.1, 0.15) is 17.7 Å². The molecule has 0 saturated carbocycles. The summed E-state index contributed by atoms with van der Waals surface area (Å²) in [6.07, 6.45) is 3.82. The van der Waals surface area contributed by atoms with Gasteiger partial charge in [-0.1, -0.05) is 6.08 Å². The first-order valence-electron chi connectivity index (χ1n) is 7.85. The van der Waals surface area contributed by atoms with Crippen LogP contribution in [0, 0.1) is 0 Å². The number of hydroxylamine groups is 1. The van der Waals surface area contributed by atoms with E-state index in [1.165, 1.54) is 5.56 Å². The molecule has 0 spiro atoms. The van der Waals surface area contributed by atoms with Crippen LogP contribution < -0.4 is 15.0 Å². The van der Waals surface area contributed by atoms with Crippen LogP contribution in [-0.2, 0) is 6.42 Å². The number of aromatic nitrogens is 1. The predicted octanol–water partition coefficient (Wildman–Crippen LogP) is 4.23. The van der Waals surface area contributed by atoms with Crippen LogP contribution in [0.4, 0.5) is 0 Å². The van der Waals surface area contributed by atoms with Gasteiger partial charge in [0.1, 0.15) is 17.2 Å². The molecule has 1 aromatic heterocycles. The summed E-state index contributed by atoms with van der Waals surface area (Å²) in [5.41, 5.74) is 6.18. The van der Waals surface area contributed by atoms with Crippen molar-refractivity contribution in [2.45, 2.75) is 12.8 Å². The van der Waals surface area contributed by atoms with Gasteiger partial charge in [-0.2, -0.15) is 0 Å². The maximum absolute atomic E-state index is 9.28. The summed E-state index contributed by atoms with van der Waals surface area (Å²) in [7, 11) is 1.64. The third-order valence-corrected chi connectivity index (χ3v) is 4.31. The second-order valence-corrected chi connectivity index (χ2v) is 5.73. The van der Waals surface area contributed by atoms with Gasteiger partial charge in [-0.3, -0.25) is 10.7 Å². The molecule has 5 heteroatoms. The minimum absolute atomic E-state index is 0.727. The first-order chi connectivity index (χ1) is 11.8. The first kappa shape index (κ1) is 14.7. The van der Waals surface area contributed by atoms with Gasteiger partial charge in [0.25, 0.3) is 0 Å². The van der Waals surface area contributed by atoms with E-state index in [2.05, 4.69) is 10.5 Å². The molecule has 1 heterocycles. The minimum atomic E-state index is 0.727. The van der Waals surface area contributed by atoms with Crippen molar-refractivity contribution in [3.8, 4) is 17.2 Å². The number of aryl methyl sites for hydroxylation is 1. The van der Waals surface area contributed by atoms with Crippen molar-refractivity contribution < 1.29 is 14.7 Å². The third-order valence-electron chi connectivity index (χ3n) is 4.31. The minimum Gasteiger partial charge on any atom is -0.497 e. The highest BCUT2D eigenvalue weighted by molar-refractivity contribution is 5.90. The van der Waals surface area contributed by atoms with Gasteiger partial charge >= 0.3 is 0 Å². The zero-order valence-electron chi connectivity index (χ0n) is 13.3. The average molecular weight is 322 g/mol. The van der Waals surface area contributed by atoms with Gasteiger partial charge in [0.2, 0.25) is 0 Å². The summed E-state index contributed by atoms with van der Waals surface area (Å²) < 4.78 is 11.1. The second kappa shape index (κ2) is 5.94. The Kier molecular flexibility index (Phi) is 3.63. The third kappa shape index (κ3) is 2.49. The molecule has 0 amide bonds. The maximum Gasteiger partial charge on any atom is 0.128 e. The molecular formula is C19H18N2O3. The quantitative estimate of drug-likeness (QED) is 0.629. The van der Waals surface area contributed by atoms with Gasteiger partial charge in [0, 0.05) is 10.9 Å². The summed E-state index contributed by atoms with van der Waals surface area (Å²) in [5, 5.41) is 10.4. The van der Waals surface area contributed by atoms with Crippen LogP contribution >= 0.6 is 0 Å². The Morgan fingerprint density at radius 2 is 1.79 bits per heavy atom. The van der Waals surface area contributed by atoms with Crippen molar-refractivity contribution in [3.63, 3.8) is 0 Å². The van der Waals surface area contributed by atoms with E-state index in [-0.39, 0.29) is 0 Å². The number of ether oxygens (including phenoxy) is 2. The Hall–Kier alpha value is -2.92. The first-order valence-corrected chi connectivity index (χ1v) is 7.85. The monoisotopic (exact) mass is 322 g/mol. The topological polar surface area (TPSA) is 66.5 Å². The Balaban J connectivity index is 1.69. The van der Waals surface area contributed by atoms with Crippen molar-refractivity contribution >= 4 is 16.6 Å². The highest BCUT2D eigenvalue weighted by atomic mass is 16.5. The number of rotatable bonds is 4. The van der Waals surface area contributed by atoms with Crippen LogP contribution in [0.5, 0.6) is 17.2 Å². The van der Waals surface area contributed by atoms with E-state index in [1.807, 2.05) is 48.5 Å². The molecular weight excluding hydrogens is 304 g/mol. The van der Waals surface area contributed by atoms with E-state index in [4.69, 9.17) is 9.47 Å². The lowest BCUT2D eigenvalue weighted by Gasteiger charge is -2.12. The van der Waals surface area contributed by atoms with E-state index in [0.29, 0.717) is 0 Å². The van der Waals surface area contributed by atoms with E-state index < -0.39 is 0 Å². The van der Waals surface area contributed by atoms with Crippen LogP contribution in [0.2, 0.25) is 0 Å². The van der Waals surface area contributed by atoms with E-state index in [1.54, 1.807) is 7.11 Å². The summed E-state index contributed by atoms with van der Waals surface area (Å²) >= 11 is 0. The predicted molar refractivity (Wildman–Crippen MR) is 92.6 cm³/mol. The Morgan fingerprint density at radius 1 is 1.04 bits per heavy atom. The molecule has 122 valence electrons. The summed E-state index contributed by atoms with van der Waals surface area (Å²) in [6, 6.07) is 13.5. The number of nitrogens with one attached hydrogen (secondary N) is 2. The molecule has 0 bridgehead atoms. The van der Waals surface area contributed by atoms with Crippen LogP contribution in [0.25, 0.3) is 16.6 Å². The molecule has 0 saturated heterocycles. The molecule has 0 atom stereocenters. The number of aromatic amines is 1. The van der Waals surface area contributed by atoms with Crippen LogP contribution in [-0.4, -0.2) is 17.3 Å². The highest BCUT2D eigenvalue weighted by Gasteiger charge is 2.18.